The van der Waals surface area contributed by atoms with E-state index in [0.29, 0.717) is 0 Å². The van der Waals surface area contributed by atoms with Crippen molar-refractivity contribution in [2.24, 2.45) is 0 Å². The monoisotopic (exact) mass is 232 g/mol. The van der Waals surface area contributed by atoms with Crippen LogP contribution in [0.1, 0.15) is 27.2 Å². The van der Waals surface area contributed by atoms with E-state index in [1.807, 2.05) is 6.07 Å². The molecule has 0 aliphatic heterocycles. The third-order valence-corrected chi connectivity index (χ3v) is 3.72. The Morgan fingerprint density at radius 3 is 2.76 bits per heavy atom. The summed E-state index contributed by atoms with van der Waals surface area (Å²) in [7, 11) is 2.08. The maximum absolute atomic E-state index is 6.11. The second kappa shape index (κ2) is 3.95. The molecule has 0 bridgehead atoms. The summed E-state index contributed by atoms with van der Waals surface area (Å²) >= 11 is 0. The summed E-state index contributed by atoms with van der Waals surface area (Å²) in [5.74, 6) is 0. The van der Waals surface area contributed by atoms with Crippen LogP contribution in [0.25, 0.3) is 10.9 Å². The molecule has 0 unspecified atom stereocenters. The molecule has 17 heavy (non-hydrogen) atoms. The van der Waals surface area contributed by atoms with Crippen LogP contribution in [0.3, 0.4) is 0 Å². The number of nitrogens with one attached hydrogen (secondary N) is 1. The summed E-state index contributed by atoms with van der Waals surface area (Å²) in [6.45, 7) is 6.61. The lowest BCUT2D eigenvalue weighted by atomic mass is 9.98. The Balaban J connectivity index is 2.50. The first-order valence-corrected chi connectivity index (χ1v) is 5.92. The number of hydrogen-bond donors (Lipinski definition) is 2. The minimum atomic E-state index is 0.0851. The van der Waals surface area contributed by atoms with Crippen molar-refractivity contribution in [3.63, 3.8) is 0 Å². The van der Waals surface area contributed by atoms with Gasteiger partial charge in [-0.2, -0.15) is 5.10 Å². The normalized spacial score (nSPS) is 12.0. The molecule has 4 heteroatoms. The molecule has 3 N–H and O–H groups in total. The Bertz CT molecular complexity index is 527. The zero-order chi connectivity index (χ0) is 12.6. The van der Waals surface area contributed by atoms with E-state index in [1.165, 1.54) is 0 Å². The van der Waals surface area contributed by atoms with Gasteiger partial charge in [0.15, 0.2) is 0 Å². The maximum Gasteiger partial charge on any atom is 0.0672 e. The molecule has 0 aliphatic carbocycles. The lowest BCUT2D eigenvalue weighted by Crippen LogP contribution is -2.40. The van der Waals surface area contributed by atoms with Crippen LogP contribution in [-0.2, 0) is 0 Å². The van der Waals surface area contributed by atoms with Gasteiger partial charge in [-0.15, -0.1) is 0 Å². The lowest BCUT2D eigenvalue weighted by Gasteiger charge is -2.37. The molecule has 0 saturated heterocycles. The van der Waals surface area contributed by atoms with Gasteiger partial charge >= 0.3 is 0 Å². The van der Waals surface area contributed by atoms with Crippen molar-refractivity contribution in [2.45, 2.75) is 32.7 Å². The zero-order valence-corrected chi connectivity index (χ0v) is 10.9. The molecule has 0 atom stereocenters. The van der Waals surface area contributed by atoms with E-state index in [-0.39, 0.29) is 5.54 Å². The van der Waals surface area contributed by atoms with Gasteiger partial charge in [-0.25, -0.2) is 0 Å². The number of hydrogen-bond acceptors (Lipinski definition) is 3. The minimum Gasteiger partial charge on any atom is -0.397 e. The molecule has 1 heterocycles. The van der Waals surface area contributed by atoms with Crippen LogP contribution in [0.15, 0.2) is 18.3 Å². The molecule has 2 rings (SSSR count). The standard InChI is InChI=1S/C13H20N4/c1-5-13(2,3)17(4)12-7-11-9(6-10(12)14)8-15-16-11/h6-8H,5,14H2,1-4H3,(H,15,16). The summed E-state index contributed by atoms with van der Waals surface area (Å²) in [4.78, 5) is 2.22. The van der Waals surface area contributed by atoms with Crippen molar-refractivity contribution in [2.75, 3.05) is 17.7 Å². The van der Waals surface area contributed by atoms with Gasteiger partial charge in [0.25, 0.3) is 0 Å². The Kier molecular flexibility index (Phi) is 2.73. The van der Waals surface area contributed by atoms with E-state index in [9.17, 15) is 0 Å². The number of fused-ring (bicyclic) bond motifs is 1. The maximum atomic E-state index is 6.11. The molecule has 2 aromatic rings. The van der Waals surface area contributed by atoms with Gasteiger partial charge < -0.3 is 10.6 Å². The smallest absolute Gasteiger partial charge is 0.0672 e. The Morgan fingerprint density at radius 1 is 1.41 bits per heavy atom. The number of nitrogens with zero attached hydrogens (tertiary/aromatic N) is 2. The molecule has 0 aliphatic rings. The quantitative estimate of drug-likeness (QED) is 0.800. The van der Waals surface area contributed by atoms with Crippen LogP contribution in [0.5, 0.6) is 0 Å². The lowest BCUT2D eigenvalue weighted by molar-refractivity contribution is 0.471. The number of aromatic nitrogens is 2. The fourth-order valence-electron chi connectivity index (χ4n) is 1.85. The van der Waals surface area contributed by atoms with E-state index in [0.717, 1.165) is 28.7 Å². The minimum absolute atomic E-state index is 0.0851. The highest BCUT2D eigenvalue weighted by atomic mass is 15.2. The number of nitrogen functional groups attached to an aromatic ring is 1. The van der Waals surface area contributed by atoms with E-state index < -0.39 is 0 Å². The van der Waals surface area contributed by atoms with Crippen LogP contribution in [0.4, 0.5) is 11.4 Å². The van der Waals surface area contributed by atoms with Crippen molar-refractivity contribution in [1.82, 2.24) is 10.2 Å². The molecule has 0 spiro atoms. The first-order valence-electron chi connectivity index (χ1n) is 5.92. The van der Waals surface area contributed by atoms with Crippen molar-refractivity contribution in [3.8, 4) is 0 Å². The fourth-order valence-corrected chi connectivity index (χ4v) is 1.85. The summed E-state index contributed by atoms with van der Waals surface area (Å²) < 4.78 is 0. The third-order valence-electron chi connectivity index (χ3n) is 3.72. The number of H-pyrrole nitrogens is 1. The van der Waals surface area contributed by atoms with Gasteiger partial charge in [-0.05, 0) is 32.4 Å². The summed E-state index contributed by atoms with van der Waals surface area (Å²) in [6.07, 6.45) is 2.85. The van der Waals surface area contributed by atoms with Crippen molar-refractivity contribution < 1.29 is 0 Å². The molecule has 1 aromatic carbocycles. The van der Waals surface area contributed by atoms with E-state index in [2.05, 4.69) is 49.0 Å². The molecule has 0 radical (unpaired) electrons. The second-order valence-corrected chi connectivity index (χ2v) is 5.09. The van der Waals surface area contributed by atoms with E-state index in [1.54, 1.807) is 6.20 Å². The summed E-state index contributed by atoms with van der Waals surface area (Å²) in [6, 6.07) is 4.03. The number of anilines is 2. The van der Waals surface area contributed by atoms with Crippen molar-refractivity contribution in [3.05, 3.63) is 18.3 Å². The zero-order valence-electron chi connectivity index (χ0n) is 10.9. The molecular formula is C13H20N4. The summed E-state index contributed by atoms with van der Waals surface area (Å²) in [5, 5.41) is 8.06. The molecular weight excluding hydrogens is 212 g/mol. The molecule has 92 valence electrons. The van der Waals surface area contributed by atoms with Gasteiger partial charge in [0.1, 0.15) is 0 Å². The molecule has 4 nitrogen and oxygen atoms in total. The fraction of sp³-hybridized carbons (Fsp3) is 0.462. The average Bonchev–Trinajstić information content (AvgIpc) is 2.73. The highest BCUT2D eigenvalue weighted by Gasteiger charge is 2.23. The van der Waals surface area contributed by atoms with Gasteiger partial charge in [0.05, 0.1) is 23.1 Å². The van der Waals surface area contributed by atoms with E-state index >= 15 is 0 Å². The first kappa shape index (κ1) is 11.8. The molecule has 0 saturated carbocycles. The SMILES string of the molecule is CCC(C)(C)N(C)c1cc2[nH]ncc2cc1N. The average molecular weight is 232 g/mol. The van der Waals surface area contributed by atoms with E-state index in [4.69, 9.17) is 5.73 Å². The largest absolute Gasteiger partial charge is 0.397 e. The highest BCUT2D eigenvalue weighted by Crippen LogP contribution is 2.32. The predicted molar refractivity (Wildman–Crippen MR) is 73.3 cm³/mol. The number of rotatable bonds is 3. The second-order valence-electron chi connectivity index (χ2n) is 5.09. The van der Waals surface area contributed by atoms with Crippen molar-refractivity contribution >= 4 is 22.3 Å². The number of benzene rings is 1. The number of aromatic amines is 1. The topological polar surface area (TPSA) is 57.9 Å². The van der Waals surface area contributed by atoms with Crippen LogP contribution in [0.2, 0.25) is 0 Å². The van der Waals surface area contributed by atoms with Gasteiger partial charge in [-0.1, -0.05) is 6.92 Å². The van der Waals surface area contributed by atoms with Crippen LogP contribution >= 0.6 is 0 Å². The Hall–Kier alpha value is -1.71. The highest BCUT2D eigenvalue weighted by molar-refractivity contribution is 5.89. The van der Waals surface area contributed by atoms with Crippen LogP contribution in [-0.4, -0.2) is 22.8 Å². The molecule has 0 fully saturated rings. The Morgan fingerprint density at radius 2 is 2.12 bits per heavy atom. The Labute approximate surface area is 102 Å². The molecule has 1 aromatic heterocycles. The van der Waals surface area contributed by atoms with Crippen LogP contribution < -0.4 is 10.6 Å². The summed E-state index contributed by atoms with van der Waals surface area (Å²) in [5.41, 5.74) is 9.07. The first-order chi connectivity index (χ1) is 7.95. The third kappa shape index (κ3) is 1.95. The molecule has 0 amide bonds. The van der Waals surface area contributed by atoms with Gasteiger partial charge in [0, 0.05) is 18.0 Å². The van der Waals surface area contributed by atoms with Crippen LogP contribution in [0, 0.1) is 0 Å². The van der Waals surface area contributed by atoms with Crippen molar-refractivity contribution in [1.29, 1.82) is 0 Å². The van der Waals surface area contributed by atoms with Gasteiger partial charge in [0.2, 0.25) is 0 Å². The number of nitrogens with two attached hydrogens (primary N) is 1. The van der Waals surface area contributed by atoms with Gasteiger partial charge in [-0.3, -0.25) is 5.10 Å². The predicted octanol–water partition coefficient (Wildman–Crippen LogP) is 2.77.